The molecular formula is C9H15ClOS2. The summed E-state index contributed by atoms with van der Waals surface area (Å²) in [6, 6.07) is 0. The van der Waals surface area contributed by atoms with Crippen LogP contribution in [0, 0.1) is 0 Å². The van der Waals surface area contributed by atoms with E-state index in [1.807, 2.05) is 23.5 Å². The predicted octanol–water partition coefficient (Wildman–Crippen LogP) is 3.16. The Morgan fingerprint density at radius 2 is 2.00 bits per heavy atom. The van der Waals surface area contributed by atoms with Gasteiger partial charge in [0.1, 0.15) is 10.4 Å². The van der Waals surface area contributed by atoms with Crippen LogP contribution in [0.1, 0.15) is 25.7 Å². The molecule has 76 valence electrons. The molecule has 0 aromatic heterocycles. The molecule has 1 saturated heterocycles. The smallest absolute Gasteiger partial charge is 0.146 e. The minimum absolute atomic E-state index is 0.135. The fraction of sp³-hybridized carbons (Fsp3) is 0.889. The molecule has 0 atom stereocenters. The van der Waals surface area contributed by atoms with Gasteiger partial charge in [0.15, 0.2) is 0 Å². The number of halogens is 1. The molecule has 0 aliphatic carbocycles. The van der Waals surface area contributed by atoms with Crippen molar-refractivity contribution in [1.82, 2.24) is 0 Å². The first-order chi connectivity index (χ1) is 6.33. The van der Waals surface area contributed by atoms with Crippen molar-refractivity contribution in [1.29, 1.82) is 0 Å². The van der Waals surface area contributed by atoms with Crippen LogP contribution in [-0.2, 0) is 4.79 Å². The molecule has 0 spiro atoms. The van der Waals surface area contributed by atoms with Gasteiger partial charge in [0, 0.05) is 5.88 Å². The molecule has 0 aromatic carbocycles. The van der Waals surface area contributed by atoms with Crippen molar-refractivity contribution in [2.45, 2.75) is 29.8 Å². The van der Waals surface area contributed by atoms with E-state index < -0.39 is 0 Å². The second kappa shape index (κ2) is 6.20. The predicted molar refractivity (Wildman–Crippen MR) is 62.9 cm³/mol. The molecule has 1 fully saturated rings. The number of carbonyl (C=O) groups excluding carboxylic acids is 1. The van der Waals surface area contributed by atoms with Gasteiger partial charge in [0.2, 0.25) is 0 Å². The third kappa shape index (κ3) is 3.72. The lowest BCUT2D eigenvalue weighted by Gasteiger charge is -2.30. The fourth-order valence-electron chi connectivity index (χ4n) is 1.33. The first kappa shape index (κ1) is 11.7. The zero-order valence-electron chi connectivity index (χ0n) is 7.63. The van der Waals surface area contributed by atoms with E-state index in [4.69, 9.17) is 11.6 Å². The number of carbonyl (C=O) groups is 1. The number of thioether (sulfide) groups is 2. The summed E-state index contributed by atoms with van der Waals surface area (Å²) in [4.78, 5) is 11.0. The Bertz CT molecular complexity index is 158. The van der Waals surface area contributed by atoms with E-state index in [0.717, 1.165) is 37.1 Å². The molecule has 1 aliphatic rings. The Morgan fingerprint density at radius 1 is 1.31 bits per heavy atom. The first-order valence-electron chi connectivity index (χ1n) is 4.63. The van der Waals surface area contributed by atoms with Gasteiger partial charge >= 0.3 is 0 Å². The van der Waals surface area contributed by atoms with E-state index in [2.05, 4.69) is 0 Å². The van der Waals surface area contributed by atoms with Gasteiger partial charge in [-0.1, -0.05) is 0 Å². The van der Waals surface area contributed by atoms with Crippen molar-refractivity contribution in [2.24, 2.45) is 0 Å². The highest BCUT2D eigenvalue weighted by Crippen LogP contribution is 2.43. The average molecular weight is 239 g/mol. The van der Waals surface area contributed by atoms with Crippen LogP contribution in [0.25, 0.3) is 0 Å². The number of rotatable bonds is 5. The van der Waals surface area contributed by atoms with Crippen LogP contribution in [0.4, 0.5) is 0 Å². The molecule has 13 heavy (non-hydrogen) atoms. The van der Waals surface area contributed by atoms with E-state index in [9.17, 15) is 4.79 Å². The molecule has 1 nitrogen and oxygen atoms in total. The maximum atomic E-state index is 11.0. The van der Waals surface area contributed by atoms with Crippen LogP contribution >= 0.6 is 35.1 Å². The molecule has 1 rings (SSSR count). The molecule has 0 unspecified atom stereocenters. The Morgan fingerprint density at radius 3 is 2.54 bits per heavy atom. The molecule has 1 aliphatic heterocycles. The normalized spacial score (nSPS) is 21.3. The van der Waals surface area contributed by atoms with Crippen molar-refractivity contribution in [3.8, 4) is 0 Å². The highest BCUT2D eigenvalue weighted by atomic mass is 35.5. The van der Waals surface area contributed by atoms with Crippen LogP contribution < -0.4 is 0 Å². The van der Waals surface area contributed by atoms with Crippen molar-refractivity contribution in [3.05, 3.63) is 0 Å². The minimum Gasteiger partial charge on any atom is -0.301 e. The number of hydrogen-bond acceptors (Lipinski definition) is 3. The molecule has 0 bridgehead atoms. The van der Waals surface area contributed by atoms with Crippen molar-refractivity contribution >= 4 is 41.4 Å². The molecule has 0 saturated carbocycles. The number of hydrogen-bond donors (Lipinski definition) is 0. The standard InChI is InChI=1S/C9H15ClOS2/c10-5-2-1-4-9(8-11)12-6-3-7-13-9/h8H,1-7H2. The van der Waals surface area contributed by atoms with Crippen molar-refractivity contribution in [3.63, 3.8) is 0 Å². The fourth-order valence-corrected chi connectivity index (χ4v) is 4.51. The lowest BCUT2D eigenvalue weighted by molar-refractivity contribution is -0.108. The van der Waals surface area contributed by atoms with E-state index in [0.29, 0.717) is 5.88 Å². The molecule has 1 heterocycles. The summed E-state index contributed by atoms with van der Waals surface area (Å²) in [7, 11) is 0. The topological polar surface area (TPSA) is 17.1 Å². The van der Waals surface area contributed by atoms with E-state index in [1.165, 1.54) is 6.42 Å². The van der Waals surface area contributed by atoms with E-state index in [1.54, 1.807) is 0 Å². The highest BCUT2D eigenvalue weighted by Gasteiger charge is 2.32. The number of aldehydes is 1. The summed E-state index contributed by atoms with van der Waals surface area (Å²) in [5, 5.41) is 0. The SMILES string of the molecule is O=CC1(CCCCCl)SCCCS1. The van der Waals surface area contributed by atoms with Gasteiger partial charge < -0.3 is 4.79 Å². The maximum Gasteiger partial charge on any atom is 0.146 e. The number of unbranched alkanes of at least 4 members (excludes halogenated alkanes) is 1. The average Bonchev–Trinajstić information content (AvgIpc) is 2.20. The molecular weight excluding hydrogens is 224 g/mol. The highest BCUT2D eigenvalue weighted by molar-refractivity contribution is 8.19. The largest absolute Gasteiger partial charge is 0.301 e. The lowest BCUT2D eigenvalue weighted by atomic mass is 10.2. The van der Waals surface area contributed by atoms with Crippen molar-refractivity contribution < 1.29 is 4.79 Å². The van der Waals surface area contributed by atoms with Gasteiger partial charge in [-0.25, -0.2) is 0 Å². The Balaban J connectivity index is 2.33. The second-order valence-corrected chi connectivity index (χ2v) is 6.61. The summed E-state index contributed by atoms with van der Waals surface area (Å²) in [6.45, 7) is 0. The molecule has 0 amide bonds. The second-order valence-electron chi connectivity index (χ2n) is 3.13. The summed E-state index contributed by atoms with van der Waals surface area (Å²) in [6.07, 6.45) is 5.45. The summed E-state index contributed by atoms with van der Waals surface area (Å²) in [5.74, 6) is 2.98. The van der Waals surface area contributed by atoms with Crippen LogP contribution in [0.15, 0.2) is 0 Å². The molecule has 4 heteroatoms. The van der Waals surface area contributed by atoms with Gasteiger partial charge in [-0.3, -0.25) is 0 Å². The zero-order chi connectivity index (χ0) is 9.57. The van der Waals surface area contributed by atoms with Gasteiger partial charge in [0.05, 0.1) is 0 Å². The Hall–Kier alpha value is 0.660. The lowest BCUT2D eigenvalue weighted by Crippen LogP contribution is -2.26. The molecule has 0 N–H and O–H groups in total. The number of alkyl halides is 1. The van der Waals surface area contributed by atoms with Crippen LogP contribution in [0.2, 0.25) is 0 Å². The van der Waals surface area contributed by atoms with E-state index in [-0.39, 0.29) is 4.08 Å². The molecule has 0 aromatic rings. The van der Waals surface area contributed by atoms with Gasteiger partial charge in [-0.05, 0) is 37.2 Å². The van der Waals surface area contributed by atoms with Gasteiger partial charge in [-0.2, -0.15) is 0 Å². The Labute approximate surface area is 93.4 Å². The van der Waals surface area contributed by atoms with Crippen LogP contribution in [0.3, 0.4) is 0 Å². The van der Waals surface area contributed by atoms with Crippen LogP contribution in [-0.4, -0.2) is 27.8 Å². The van der Waals surface area contributed by atoms with Gasteiger partial charge in [-0.15, -0.1) is 35.1 Å². The minimum atomic E-state index is -0.135. The van der Waals surface area contributed by atoms with Crippen molar-refractivity contribution in [2.75, 3.05) is 17.4 Å². The monoisotopic (exact) mass is 238 g/mol. The summed E-state index contributed by atoms with van der Waals surface area (Å²) in [5.41, 5.74) is 0. The molecule has 0 radical (unpaired) electrons. The quantitative estimate of drug-likeness (QED) is 0.416. The van der Waals surface area contributed by atoms with Gasteiger partial charge in [0.25, 0.3) is 0 Å². The van der Waals surface area contributed by atoms with E-state index >= 15 is 0 Å². The van der Waals surface area contributed by atoms with Crippen LogP contribution in [0.5, 0.6) is 0 Å². The summed E-state index contributed by atoms with van der Waals surface area (Å²) < 4.78 is -0.135. The maximum absolute atomic E-state index is 11.0. The zero-order valence-corrected chi connectivity index (χ0v) is 10.0. The first-order valence-corrected chi connectivity index (χ1v) is 7.14. The third-order valence-electron chi connectivity index (χ3n) is 2.07. The summed E-state index contributed by atoms with van der Waals surface area (Å²) >= 11 is 9.23. The third-order valence-corrected chi connectivity index (χ3v) is 5.61. The Kier molecular flexibility index (Phi) is 5.60.